The van der Waals surface area contributed by atoms with Crippen LogP contribution in [-0.4, -0.2) is 19.5 Å². The first-order valence-corrected chi connectivity index (χ1v) is 3.63. The molecule has 10 heavy (non-hydrogen) atoms. The molecule has 0 bridgehead atoms. The maximum atomic E-state index is 9.92. The van der Waals surface area contributed by atoms with E-state index in [2.05, 4.69) is 0 Å². The Morgan fingerprint density at radius 2 is 2.40 bits per heavy atom. The fourth-order valence-corrected chi connectivity index (χ4v) is 1.12. The van der Waals surface area contributed by atoms with Crippen LogP contribution in [-0.2, 0) is 9.53 Å². The molecule has 1 fully saturated rings. The number of allylic oxidation sites excluding steroid dienone is 1. The van der Waals surface area contributed by atoms with Gasteiger partial charge in [0.2, 0.25) is 0 Å². The Bertz CT molecular complexity index is 123. The van der Waals surface area contributed by atoms with Gasteiger partial charge in [0.25, 0.3) is 0 Å². The molecule has 1 rings (SSSR count). The van der Waals surface area contributed by atoms with E-state index in [0.717, 1.165) is 32.3 Å². The van der Waals surface area contributed by atoms with Crippen molar-refractivity contribution in [3.05, 3.63) is 12.2 Å². The molecule has 0 saturated carbocycles. The lowest BCUT2D eigenvalue weighted by Crippen LogP contribution is -2.14. The molecule has 1 atom stereocenters. The predicted molar refractivity (Wildman–Crippen MR) is 38.7 cm³/mol. The van der Waals surface area contributed by atoms with E-state index < -0.39 is 0 Å². The Balaban J connectivity index is 2.25. The second-order valence-corrected chi connectivity index (χ2v) is 2.50. The van der Waals surface area contributed by atoms with Gasteiger partial charge in [-0.25, -0.2) is 0 Å². The Labute approximate surface area is 60.9 Å². The van der Waals surface area contributed by atoms with Crippen molar-refractivity contribution >= 4 is 6.29 Å². The van der Waals surface area contributed by atoms with Crippen molar-refractivity contribution in [1.82, 2.24) is 0 Å². The predicted octanol–water partition coefficient (Wildman–Crippen LogP) is 1.17. The summed E-state index contributed by atoms with van der Waals surface area (Å²) in [5.41, 5.74) is 0. The van der Waals surface area contributed by atoms with Crippen LogP contribution in [0, 0.1) is 5.92 Å². The van der Waals surface area contributed by atoms with Gasteiger partial charge in [0, 0.05) is 12.5 Å². The Kier molecular flexibility index (Phi) is 3.16. The van der Waals surface area contributed by atoms with Gasteiger partial charge in [0.05, 0.1) is 6.61 Å². The molecule has 0 aromatic rings. The summed E-state index contributed by atoms with van der Waals surface area (Å²) in [6, 6.07) is 0. The first-order valence-electron chi connectivity index (χ1n) is 3.63. The first kappa shape index (κ1) is 7.48. The van der Waals surface area contributed by atoms with Gasteiger partial charge in [0.15, 0.2) is 0 Å². The molecule has 0 amide bonds. The number of carbonyl (C=O) groups is 1. The van der Waals surface area contributed by atoms with Crippen LogP contribution in [0.5, 0.6) is 0 Å². The van der Waals surface area contributed by atoms with Gasteiger partial charge in [-0.05, 0) is 18.9 Å². The van der Waals surface area contributed by atoms with Crippen LogP contribution in [0.1, 0.15) is 12.8 Å². The summed E-state index contributed by atoms with van der Waals surface area (Å²) in [5, 5.41) is 0. The number of ether oxygens (including phenoxy) is 1. The van der Waals surface area contributed by atoms with E-state index in [1.807, 2.05) is 6.08 Å². The van der Waals surface area contributed by atoms with Crippen LogP contribution in [0.25, 0.3) is 0 Å². The minimum atomic E-state index is 0.471. The number of rotatable bonds is 2. The highest BCUT2D eigenvalue weighted by Crippen LogP contribution is 2.13. The van der Waals surface area contributed by atoms with E-state index in [9.17, 15) is 4.79 Å². The van der Waals surface area contributed by atoms with Crippen LogP contribution in [0.2, 0.25) is 0 Å². The van der Waals surface area contributed by atoms with Crippen molar-refractivity contribution in [1.29, 1.82) is 0 Å². The molecule has 1 aliphatic rings. The van der Waals surface area contributed by atoms with Crippen molar-refractivity contribution in [3.63, 3.8) is 0 Å². The minimum absolute atomic E-state index is 0.471. The zero-order valence-electron chi connectivity index (χ0n) is 5.95. The highest BCUT2D eigenvalue weighted by atomic mass is 16.5. The van der Waals surface area contributed by atoms with Crippen LogP contribution < -0.4 is 0 Å². The molecule has 56 valence electrons. The standard InChI is InChI=1S/C8H12O2/c9-5-1-3-8-4-2-6-10-7-8/h1,3,5,8H,2,4,6-7H2. The summed E-state index contributed by atoms with van der Waals surface area (Å²) in [7, 11) is 0. The summed E-state index contributed by atoms with van der Waals surface area (Å²) in [5.74, 6) is 0.471. The molecule has 1 unspecified atom stereocenters. The molecular weight excluding hydrogens is 128 g/mol. The average molecular weight is 140 g/mol. The largest absolute Gasteiger partial charge is 0.381 e. The highest BCUT2D eigenvalue weighted by molar-refractivity contribution is 5.64. The van der Waals surface area contributed by atoms with Crippen molar-refractivity contribution < 1.29 is 9.53 Å². The smallest absolute Gasteiger partial charge is 0.142 e. The van der Waals surface area contributed by atoms with Gasteiger partial charge in [-0.3, -0.25) is 4.79 Å². The maximum Gasteiger partial charge on any atom is 0.142 e. The number of hydrogen-bond donors (Lipinski definition) is 0. The average Bonchev–Trinajstić information content (AvgIpc) is 2.03. The topological polar surface area (TPSA) is 26.3 Å². The van der Waals surface area contributed by atoms with E-state index in [4.69, 9.17) is 4.74 Å². The van der Waals surface area contributed by atoms with Gasteiger partial charge >= 0.3 is 0 Å². The summed E-state index contributed by atoms with van der Waals surface area (Å²) in [4.78, 5) is 9.92. The molecule has 2 nitrogen and oxygen atoms in total. The number of carbonyl (C=O) groups excluding carboxylic acids is 1. The molecule has 0 radical (unpaired) electrons. The van der Waals surface area contributed by atoms with Crippen molar-refractivity contribution in [2.75, 3.05) is 13.2 Å². The summed E-state index contributed by atoms with van der Waals surface area (Å²) in [6.45, 7) is 1.66. The second-order valence-electron chi connectivity index (χ2n) is 2.50. The van der Waals surface area contributed by atoms with Crippen LogP contribution >= 0.6 is 0 Å². The van der Waals surface area contributed by atoms with E-state index in [1.165, 1.54) is 0 Å². The molecule has 0 aromatic carbocycles. The highest BCUT2D eigenvalue weighted by Gasteiger charge is 2.09. The van der Waals surface area contributed by atoms with Crippen LogP contribution in [0.4, 0.5) is 0 Å². The van der Waals surface area contributed by atoms with Crippen molar-refractivity contribution in [2.45, 2.75) is 12.8 Å². The second kappa shape index (κ2) is 4.23. The quantitative estimate of drug-likeness (QED) is 0.425. The van der Waals surface area contributed by atoms with Crippen LogP contribution in [0.15, 0.2) is 12.2 Å². The van der Waals surface area contributed by atoms with Crippen LogP contribution in [0.3, 0.4) is 0 Å². The maximum absolute atomic E-state index is 9.92. The summed E-state index contributed by atoms with van der Waals surface area (Å²) < 4.78 is 5.21. The number of aldehydes is 1. The molecule has 1 aliphatic heterocycles. The Hall–Kier alpha value is -0.630. The third kappa shape index (κ3) is 2.31. The Morgan fingerprint density at radius 1 is 1.50 bits per heavy atom. The third-order valence-corrected chi connectivity index (χ3v) is 1.66. The molecule has 0 spiro atoms. The molecule has 1 saturated heterocycles. The zero-order chi connectivity index (χ0) is 7.23. The van der Waals surface area contributed by atoms with Gasteiger partial charge < -0.3 is 4.74 Å². The van der Waals surface area contributed by atoms with Crippen molar-refractivity contribution in [2.24, 2.45) is 5.92 Å². The zero-order valence-corrected chi connectivity index (χ0v) is 5.95. The van der Waals surface area contributed by atoms with Gasteiger partial charge in [-0.15, -0.1) is 0 Å². The minimum Gasteiger partial charge on any atom is -0.381 e. The van der Waals surface area contributed by atoms with E-state index >= 15 is 0 Å². The fraction of sp³-hybridized carbons (Fsp3) is 0.625. The SMILES string of the molecule is O=CC=CC1CCCOC1. The molecule has 0 N–H and O–H groups in total. The monoisotopic (exact) mass is 140 g/mol. The summed E-state index contributed by atoms with van der Waals surface area (Å²) in [6.07, 6.45) is 6.57. The lowest BCUT2D eigenvalue weighted by molar-refractivity contribution is -0.104. The Morgan fingerprint density at radius 3 is 3.00 bits per heavy atom. The van der Waals surface area contributed by atoms with Crippen molar-refractivity contribution in [3.8, 4) is 0 Å². The van der Waals surface area contributed by atoms with E-state index in [1.54, 1.807) is 6.08 Å². The molecule has 0 aliphatic carbocycles. The number of hydrogen-bond acceptors (Lipinski definition) is 2. The molecule has 0 aromatic heterocycles. The van der Waals surface area contributed by atoms with E-state index in [-0.39, 0.29) is 0 Å². The normalized spacial score (nSPS) is 27.0. The molecular formula is C8H12O2. The van der Waals surface area contributed by atoms with E-state index in [0.29, 0.717) is 5.92 Å². The van der Waals surface area contributed by atoms with Gasteiger partial charge in [-0.2, -0.15) is 0 Å². The van der Waals surface area contributed by atoms with Gasteiger partial charge in [0.1, 0.15) is 6.29 Å². The lowest BCUT2D eigenvalue weighted by Gasteiger charge is -2.18. The molecule has 1 heterocycles. The fourth-order valence-electron chi connectivity index (χ4n) is 1.12. The van der Waals surface area contributed by atoms with Gasteiger partial charge in [-0.1, -0.05) is 6.08 Å². The first-order chi connectivity index (χ1) is 4.93. The summed E-state index contributed by atoms with van der Waals surface area (Å²) >= 11 is 0. The molecule has 2 heteroatoms. The lowest BCUT2D eigenvalue weighted by atomic mass is 10.0. The third-order valence-electron chi connectivity index (χ3n) is 1.66.